The molecule has 0 amide bonds. The van der Waals surface area contributed by atoms with Crippen LogP contribution in [0.5, 0.6) is 0 Å². The summed E-state index contributed by atoms with van der Waals surface area (Å²) in [6.45, 7) is 0.0349. The van der Waals surface area contributed by atoms with Gasteiger partial charge in [-0.3, -0.25) is 0 Å². The molecule has 0 aliphatic rings. The maximum absolute atomic E-state index is 13.7. The van der Waals surface area contributed by atoms with Crippen molar-refractivity contribution < 1.29 is 18.3 Å². The van der Waals surface area contributed by atoms with Gasteiger partial charge >= 0.3 is 0 Å². The van der Waals surface area contributed by atoms with E-state index in [1.54, 1.807) is 0 Å². The summed E-state index contributed by atoms with van der Waals surface area (Å²) in [6.07, 6.45) is 0. The van der Waals surface area contributed by atoms with Crippen LogP contribution in [-0.4, -0.2) is 23.2 Å². The third-order valence-electron chi connectivity index (χ3n) is 2.75. The van der Waals surface area contributed by atoms with Crippen LogP contribution in [0.4, 0.5) is 19.0 Å². The predicted octanol–water partition coefficient (Wildman–Crippen LogP) is 2.50. The number of aliphatic hydroxyl groups excluding tert-OH is 1. The molecule has 0 atom stereocenters. The van der Waals surface area contributed by atoms with Crippen LogP contribution in [0, 0.1) is 17.6 Å². The van der Waals surface area contributed by atoms with E-state index in [0.717, 1.165) is 5.56 Å². The SMILES string of the molecule is OCCN(Cc1ccccc1)c1nc(F)c(F)cc1F. The molecule has 0 bridgehead atoms. The minimum Gasteiger partial charge on any atom is -0.395 e. The number of hydrogen-bond acceptors (Lipinski definition) is 3. The Morgan fingerprint density at radius 3 is 2.40 bits per heavy atom. The van der Waals surface area contributed by atoms with E-state index in [1.165, 1.54) is 4.90 Å². The summed E-state index contributed by atoms with van der Waals surface area (Å²) in [5, 5.41) is 9.03. The van der Waals surface area contributed by atoms with Gasteiger partial charge in [0.15, 0.2) is 17.5 Å². The molecule has 1 aromatic carbocycles. The fourth-order valence-corrected chi connectivity index (χ4v) is 1.84. The molecule has 106 valence electrons. The van der Waals surface area contributed by atoms with Gasteiger partial charge in [0, 0.05) is 19.2 Å². The maximum atomic E-state index is 13.7. The van der Waals surface area contributed by atoms with Crippen molar-refractivity contribution in [2.75, 3.05) is 18.1 Å². The van der Waals surface area contributed by atoms with Gasteiger partial charge in [0.2, 0.25) is 0 Å². The lowest BCUT2D eigenvalue weighted by Crippen LogP contribution is -2.28. The van der Waals surface area contributed by atoms with Crippen molar-refractivity contribution >= 4 is 5.82 Å². The van der Waals surface area contributed by atoms with Crippen LogP contribution in [-0.2, 0) is 6.54 Å². The van der Waals surface area contributed by atoms with E-state index in [0.29, 0.717) is 6.07 Å². The van der Waals surface area contributed by atoms with Crippen LogP contribution in [0.3, 0.4) is 0 Å². The van der Waals surface area contributed by atoms with E-state index in [-0.39, 0.29) is 25.5 Å². The van der Waals surface area contributed by atoms with Crippen molar-refractivity contribution in [1.82, 2.24) is 4.98 Å². The highest BCUT2D eigenvalue weighted by Gasteiger charge is 2.17. The van der Waals surface area contributed by atoms with Gasteiger partial charge in [0.1, 0.15) is 0 Å². The second-order valence-electron chi connectivity index (χ2n) is 4.20. The summed E-state index contributed by atoms with van der Waals surface area (Å²) in [5.41, 5.74) is 0.840. The molecule has 3 nitrogen and oxygen atoms in total. The molecule has 0 unspecified atom stereocenters. The van der Waals surface area contributed by atoms with Crippen LogP contribution < -0.4 is 4.90 Å². The average Bonchev–Trinajstić information content (AvgIpc) is 2.44. The Morgan fingerprint density at radius 2 is 1.75 bits per heavy atom. The minimum absolute atomic E-state index is 0.0594. The van der Waals surface area contributed by atoms with Gasteiger partial charge in [-0.15, -0.1) is 0 Å². The van der Waals surface area contributed by atoms with Crippen molar-refractivity contribution in [1.29, 1.82) is 0 Å². The predicted molar refractivity (Wildman–Crippen MR) is 68.7 cm³/mol. The smallest absolute Gasteiger partial charge is 0.251 e. The summed E-state index contributed by atoms with van der Waals surface area (Å²) >= 11 is 0. The Balaban J connectivity index is 2.31. The molecule has 0 aliphatic heterocycles. The van der Waals surface area contributed by atoms with Crippen LogP contribution in [0.2, 0.25) is 0 Å². The summed E-state index contributed by atoms with van der Waals surface area (Å²) in [4.78, 5) is 4.64. The van der Waals surface area contributed by atoms with Gasteiger partial charge in [-0.1, -0.05) is 30.3 Å². The molecule has 6 heteroatoms. The van der Waals surface area contributed by atoms with Crippen LogP contribution in [0.1, 0.15) is 5.56 Å². The summed E-state index contributed by atoms with van der Waals surface area (Å²) < 4.78 is 39.8. The minimum atomic E-state index is -1.36. The second kappa shape index (κ2) is 6.38. The van der Waals surface area contributed by atoms with Crippen molar-refractivity contribution in [2.45, 2.75) is 6.54 Å². The second-order valence-corrected chi connectivity index (χ2v) is 4.20. The first kappa shape index (κ1) is 14.3. The van der Waals surface area contributed by atoms with Crippen LogP contribution in [0.15, 0.2) is 36.4 Å². The highest BCUT2D eigenvalue weighted by atomic mass is 19.2. The number of halogens is 3. The van der Waals surface area contributed by atoms with E-state index in [9.17, 15) is 13.2 Å². The van der Waals surface area contributed by atoms with E-state index >= 15 is 0 Å². The normalized spacial score (nSPS) is 10.6. The highest BCUT2D eigenvalue weighted by molar-refractivity contribution is 5.41. The summed E-state index contributed by atoms with van der Waals surface area (Å²) in [5.74, 6) is -3.98. The van der Waals surface area contributed by atoms with E-state index < -0.39 is 17.6 Å². The number of aromatic nitrogens is 1. The third-order valence-corrected chi connectivity index (χ3v) is 2.75. The van der Waals surface area contributed by atoms with Gasteiger partial charge in [0.05, 0.1) is 6.61 Å². The quantitative estimate of drug-likeness (QED) is 0.856. The molecule has 2 aromatic rings. The fraction of sp³-hybridized carbons (Fsp3) is 0.214. The first-order valence-corrected chi connectivity index (χ1v) is 6.03. The molecule has 2 rings (SSSR count). The molecule has 0 saturated carbocycles. The molecular weight excluding hydrogens is 269 g/mol. The number of rotatable bonds is 5. The van der Waals surface area contributed by atoms with Gasteiger partial charge < -0.3 is 10.0 Å². The molecule has 1 aromatic heterocycles. The zero-order valence-corrected chi connectivity index (χ0v) is 10.6. The van der Waals surface area contributed by atoms with Crippen LogP contribution >= 0.6 is 0 Å². The summed E-state index contributed by atoms with van der Waals surface area (Å²) in [6, 6.07) is 9.51. The van der Waals surface area contributed by atoms with E-state index in [1.807, 2.05) is 30.3 Å². The van der Waals surface area contributed by atoms with Gasteiger partial charge in [0.25, 0.3) is 5.95 Å². The number of aliphatic hydroxyl groups is 1. The monoisotopic (exact) mass is 282 g/mol. The van der Waals surface area contributed by atoms with Crippen LogP contribution in [0.25, 0.3) is 0 Å². The molecular formula is C14H13F3N2O. The summed E-state index contributed by atoms with van der Waals surface area (Å²) in [7, 11) is 0. The van der Waals surface area contributed by atoms with Crippen molar-refractivity contribution in [2.24, 2.45) is 0 Å². The zero-order chi connectivity index (χ0) is 14.5. The first-order valence-electron chi connectivity index (χ1n) is 6.03. The van der Waals surface area contributed by atoms with Gasteiger partial charge in [-0.25, -0.2) is 8.78 Å². The van der Waals surface area contributed by atoms with E-state index in [2.05, 4.69) is 4.98 Å². The van der Waals surface area contributed by atoms with Crippen molar-refractivity contribution in [3.8, 4) is 0 Å². The molecule has 0 aliphatic carbocycles. The fourth-order valence-electron chi connectivity index (χ4n) is 1.84. The molecule has 20 heavy (non-hydrogen) atoms. The lowest BCUT2D eigenvalue weighted by atomic mass is 10.2. The zero-order valence-electron chi connectivity index (χ0n) is 10.6. The Bertz CT molecular complexity index is 578. The number of anilines is 1. The van der Waals surface area contributed by atoms with E-state index in [4.69, 9.17) is 5.11 Å². The van der Waals surface area contributed by atoms with Crippen molar-refractivity contribution in [3.05, 3.63) is 59.5 Å². The largest absolute Gasteiger partial charge is 0.395 e. The number of nitrogens with zero attached hydrogens (tertiary/aromatic N) is 2. The average molecular weight is 282 g/mol. The third kappa shape index (κ3) is 3.27. The lowest BCUT2D eigenvalue weighted by molar-refractivity contribution is 0.300. The topological polar surface area (TPSA) is 36.4 Å². The Morgan fingerprint density at radius 1 is 1.05 bits per heavy atom. The molecule has 0 saturated heterocycles. The Labute approximate surface area is 114 Å². The maximum Gasteiger partial charge on any atom is 0.251 e. The van der Waals surface area contributed by atoms with Crippen molar-refractivity contribution in [3.63, 3.8) is 0 Å². The molecule has 0 fully saturated rings. The Kier molecular flexibility index (Phi) is 4.57. The highest BCUT2D eigenvalue weighted by Crippen LogP contribution is 2.20. The molecule has 1 heterocycles. The molecule has 0 spiro atoms. The lowest BCUT2D eigenvalue weighted by Gasteiger charge is -2.23. The molecule has 1 N–H and O–H groups in total. The molecule has 0 radical (unpaired) electrons. The number of hydrogen-bond donors (Lipinski definition) is 1. The number of benzene rings is 1. The standard InChI is InChI=1S/C14H13F3N2O/c15-11-8-12(16)14(18-13(11)17)19(6-7-20)9-10-4-2-1-3-5-10/h1-5,8,20H,6-7,9H2. The van der Waals surface area contributed by atoms with Gasteiger partial charge in [-0.05, 0) is 5.56 Å². The number of pyridine rings is 1. The Hall–Kier alpha value is -2.08. The first-order chi connectivity index (χ1) is 9.61. The van der Waals surface area contributed by atoms with Gasteiger partial charge in [-0.2, -0.15) is 9.37 Å².